The number of halogens is 1. The molecule has 0 fully saturated rings. The number of nitrogens with zero attached hydrogens (tertiary/aromatic N) is 1. The molecule has 0 aliphatic heterocycles. The zero-order chi connectivity index (χ0) is 16.1. The first kappa shape index (κ1) is 16.5. The molecule has 0 bridgehead atoms. The Bertz CT molecular complexity index is 641. The molecule has 22 heavy (non-hydrogen) atoms. The molecule has 1 atom stereocenters. The van der Waals surface area contributed by atoms with Crippen LogP contribution in [0.15, 0.2) is 53.0 Å². The lowest BCUT2D eigenvalue weighted by molar-refractivity contribution is 0.0915. The van der Waals surface area contributed by atoms with E-state index >= 15 is 0 Å². The fraction of sp³-hybridized carbons (Fsp3) is 0.235. The second-order valence-corrected chi connectivity index (χ2v) is 6.05. The van der Waals surface area contributed by atoms with Crippen LogP contribution in [0.1, 0.15) is 22.0 Å². The van der Waals surface area contributed by atoms with Crippen molar-refractivity contribution in [2.75, 3.05) is 25.5 Å². The molecule has 2 aromatic rings. The molecule has 0 saturated heterocycles. The summed E-state index contributed by atoms with van der Waals surface area (Å²) >= 11 is 3.34. The SMILES string of the molecule is CN(C)c1ccc(C(O)CNC(=O)c2ccccc2Br)cc1. The molecule has 0 aromatic heterocycles. The van der Waals surface area contributed by atoms with Gasteiger partial charge < -0.3 is 15.3 Å². The largest absolute Gasteiger partial charge is 0.387 e. The summed E-state index contributed by atoms with van der Waals surface area (Å²) in [6.45, 7) is 0.168. The Hall–Kier alpha value is -1.85. The molecular weight excluding hydrogens is 344 g/mol. The molecule has 1 unspecified atom stereocenters. The van der Waals surface area contributed by atoms with Crippen molar-refractivity contribution in [2.24, 2.45) is 0 Å². The van der Waals surface area contributed by atoms with Crippen LogP contribution in [-0.2, 0) is 0 Å². The lowest BCUT2D eigenvalue weighted by Crippen LogP contribution is -2.28. The van der Waals surface area contributed by atoms with E-state index in [9.17, 15) is 9.90 Å². The van der Waals surface area contributed by atoms with Crippen molar-refractivity contribution in [1.29, 1.82) is 0 Å². The highest BCUT2D eigenvalue weighted by atomic mass is 79.9. The van der Waals surface area contributed by atoms with Crippen molar-refractivity contribution in [3.8, 4) is 0 Å². The smallest absolute Gasteiger partial charge is 0.252 e. The summed E-state index contributed by atoms with van der Waals surface area (Å²) in [5.74, 6) is -0.212. The third kappa shape index (κ3) is 4.08. The zero-order valence-electron chi connectivity index (χ0n) is 12.6. The molecular formula is C17H19BrN2O2. The predicted molar refractivity (Wildman–Crippen MR) is 92.2 cm³/mol. The predicted octanol–water partition coefficient (Wildman–Crippen LogP) is 2.98. The van der Waals surface area contributed by atoms with Gasteiger partial charge in [0.1, 0.15) is 0 Å². The first-order valence-corrected chi connectivity index (χ1v) is 7.76. The number of aliphatic hydroxyl groups is 1. The molecule has 0 radical (unpaired) electrons. The molecule has 4 nitrogen and oxygen atoms in total. The van der Waals surface area contributed by atoms with Crippen LogP contribution in [0.2, 0.25) is 0 Å². The van der Waals surface area contributed by atoms with E-state index in [0.29, 0.717) is 5.56 Å². The molecule has 0 heterocycles. The van der Waals surface area contributed by atoms with Gasteiger partial charge in [0, 0.05) is 30.8 Å². The second-order valence-electron chi connectivity index (χ2n) is 5.19. The van der Waals surface area contributed by atoms with Crippen molar-refractivity contribution < 1.29 is 9.90 Å². The van der Waals surface area contributed by atoms with Crippen molar-refractivity contribution in [1.82, 2.24) is 5.32 Å². The van der Waals surface area contributed by atoms with Crippen LogP contribution < -0.4 is 10.2 Å². The highest BCUT2D eigenvalue weighted by Crippen LogP contribution is 2.18. The van der Waals surface area contributed by atoms with Gasteiger partial charge in [-0.15, -0.1) is 0 Å². The number of amides is 1. The number of hydrogen-bond donors (Lipinski definition) is 2. The number of aliphatic hydroxyl groups excluding tert-OH is 1. The highest BCUT2D eigenvalue weighted by molar-refractivity contribution is 9.10. The topological polar surface area (TPSA) is 52.6 Å². The maximum Gasteiger partial charge on any atom is 0.252 e. The maximum atomic E-state index is 12.1. The molecule has 2 rings (SSSR count). The van der Waals surface area contributed by atoms with Crippen molar-refractivity contribution in [3.63, 3.8) is 0 Å². The lowest BCUT2D eigenvalue weighted by Gasteiger charge is -2.16. The average Bonchev–Trinajstić information content (AvgIpc) is 2.52. The van der Waals surface area contributed by atoms with E-state index in [1.54, 1.807) is 12.1 Å². The number of carbonyl (C=O) groups is 1. The Kier molecular flexibility index (Phi) is 5.57. The van der Waals surface area contributed by atoms with E-state index in [1.807, 2.05) is 55.4 Å². The Morgan fingerprint density at radius 2 is 1.82 bits per heavy atom. The highest BCUT2D eigenvalue weighted by Gasteiger charge is 2.12. The van der Waals surface area contributed by atoms with Gasteiger partial charge in [0.05, 0.1) is 11.7 Å². The second kappa shape index (κ2) is 7.42. The maximum absolute atomic E-state index is 12.1. The average molecular weight is 363 g/mol. The fourth-order valence-corrected chi connectivity index (χ4v) is 2.51. The third-order valence-corrected chi connectivity index (χ3v) is 4.06. The van der Waals surface area contributed by atoms with Gasteiger partial charge in [0.2, 0.25) is 0 Å². The number of hydrogen-bond acceptors (Lipinski definition) is 3. The summed E-state index contributed by atoms with van der Waals surface area (Å²) < 4.78 is 0.734. The van der Waals surface area contributed by atoms with Crippen LogP contribution in [0.5, 0.6) is 0 Å². The van der Waals surface area contributed by atoms with Crippen LogP contribution >= 0.6 is 15.9 Å². The molecule has 1 amide bonds. The van der Waals surface area contributed by atoms with Gasteiger partial charge in [0.25, 0.3) is 5.91 Å². The first-order valence-electron chi connectivity index (χ1n) is 6.97. The zero-order valence-corrected chi connectivity index (χ0v) is 14.2. The number of anilines is 1. The summed E-state index contributed by atoms with van der Waals surface area (Å²) in [6, 6.07) is 14.8. The van der Waals surface area contributed by atoms with Gasteiger partial charge in [0.15, 0.2) is 0 Å². The number of benzene rings is 2. The Morgan fingerprint density at radius 1 is 1.18 bits per heavy atom. The minimum atomic E-state index is -0.734. The monoisotopic (exact) mass is 362 g/mol. The molecule has 2 aromatic carbocycles. The summed E-state index contributed by atoms with van der Waals surface area (Å²) in [4.78, 5) is 14.1. The van der Waals surface area contributed by atoms with Gasteiger partial charge in [-0.05, 0) is 45.8 Å². The van der Waals surface area contributed by atoms with E-state index in [2.05, 4.69) is 21.2 Å². The summed E-state index contributed by atoms with van der Waals surface area (Å²) in [5, 5.41) is 12.9. The minimum Gasteiger partial charge on any atom is -0.387 e. The summed E-state index contributed by atoms with van der Waals surface area (Å²) in [7, 11) is 3.92. The van der Waals surface area contributed by atoms with Crippen LogP contribution in [0.3, 0.4) is 0 Å². The van der Waals surface area contributed by atoms with Gasteiger partial charge in [-0.2, -0.15) is 0 Å². The van der Waals surface area contributed by atoms with Gasteiger partial charge in [-0.3, -0.25) is 4.79 Å². The van der Waals surface area contributed by atoms with Gasteiger partial charge in [-0.1, -0.05) is 24.3 Å². The van der Waals surface area contributed by atoms with Crippen LogP contribution in [0, 0.1) is 0 Å². The normalized spacial score (nSPS) is 11.8. The minimum absolute atomic E-state index is 0.168. The first-order chi connectivity index (χ1) is 10.5. The Balaban J connectivity index is 1.96. The molecule has 0 saturated carbocycles. The number of carbonyl (C=O) groups excluding carboxylic acids is 1. The molecule has 2 N–H and O–H groups in total. The standard InChI is InChI=1S/C17H19BrN2O2/c1-20(2)13-9-7-12(8-10-13)16(21)11-19-17(22)14-5-3-4-6-15(14)18/h3-10,16,21H,11H2,1-2H3,(H,19,22). The van der Waals surface area contributed by atoms with Crippen molar-refractivity contribution in [2.45, 2.75) is 6.10 Å². The molecule has 0 aliphatic rings. The van der Waals surface area contributed by atoms with E-state index < -0.39 is 6.10 Å². The van der Waals surface area contributed by atoms with Crippen LogP contribution in [0.4, 0.5) is 5.69 Å². The molecule has 116 valence electrons. The molecule has 5 heteroatoms. The summed E-state index contributed by atoms with van der Waals surface area (Å²) in [6.07, 6.45) is -0.734. The van der Waals surface area contributed by atoms with Crippen LogP contribution in [0.25, 0.3) is 0 Å². The van der Waals surface area contributed by atoms with Gasteiger partial charge >= 0.3 is 0 Å². The molecule has 0 spiro atoms. The summed E-state index contributed by atoms with van der Waals surface area (Å²) in [5.41, 5.74) is 2.39. The Morgan fingerprint density at radius 3 is 2.41 bits per heavy atom. The van der Waals surface area contributed by atoms with Crippen molar-refractivity contribution in [3.05, 3.63) is 64.1 Å². The number of rotatable bonds is 5. The fourth-order valence-electron chi connectivity index (χ4n) is 2.04. The van der Waals surface area contributed by atoms with Crippen LogP contribution in [-0.4, -0.2) is 31.7 Å². The van der Waals surface area contributed by atoms with Gasteiger partial charge in [-0.25, -0.2) is 0 Å². The quantitative estimate of drug-likeness (QED) is 0.859. The lowest BCUT2D eigenvalue weighted by atomic mass is 10.1. The van der Waals surface area contributed by atoms with E-state index in [0.717, 1.165) is 15.7 Å². The molecule has 0 aliphatic carbocycles. The van der Waals surface area contributed by atoms with E-state index in [-0.39, 0.29) is 12.5 Å². The van der Waals surface area contributed by atoms with Crippen molar-refractivity contribution >= 4 is 27.5 Å². The van der Waals surface area contributed by atoms with E-state index in [4.69, 9.17) is 0 Å². The third-order valence-electron chi connectivity index (χ3n) is 3.37. The Labute approximate surface area is 138 Å². The number of nitrogens with one attached hydrogen (secondary N) is 1. The van der Waals surface area contributed by atoms with E-state index in [1.165, 1.54) is 0 Å².